The van der Waals surface area contributed by atoms with E-state index in [1.165, 1.54) is 12.1 Å². The van der Waals surface area contributed by atoms with Crippen molar-refractivity contribution in [3.8, 4) is 0 Å². The van der Waals surface area contributed by atoms with Crippen LogP contribution < -0.4 is 15.5 Å². The van der Waals surface area contributed by atoms with E-state index in [-0.39, 0.29) is 17.6 Å². The summed E-state index contributed by atoms with van der Waals surface area (Å²) in [7, 11) is 2.12. The molecule has 1 saturated heterocycles. The number of carbonyl (C=O) groups is 1. The zero-order valence-electron chi connectivity index (χ0n) is 15.9. The SMILES string of the molecule is CN1CCN(c2ccc(NC(=O)c3nnc(Nc4ccccc4F)o3)cc2)CC1. The number of nitrogens with zero attached hydrogens (tertiary/aromatic N) is 4. The zero-order chi connectivity index (χ0) is 20.2. The van der Waals surface area contributed by atoms with Crippen molar-refractivity contribution in [2.75, 3.05) is 48.8 Å². The van der Waals surface area contributed by atoms with Gasteiger partial charge >= 0.3 is 17.8 Å². The number of para-hydroxylation sites is 1. The Morgan fingerprint density at radius 3 is 2.48 bits per heavy atom. The van der Waals surface area contributed by atoms with E-state index in [1.807, 2.05) is 24.3 Å². The number of hydrogen-bond acceptors (Lipinski definition) is 7. The topological polar surface area (TPSA) is 86.5 Å². The summed E-state index contributed by atoms with van der Waals surface area (Å²) in [5.74, 6) is -1.21. The lowest BCUT2D eigenvalue weighted by atomic mass is 10.2. The van der Waals surface area contributed by atoms with Gasteiger partial charge in [-0.05, 0) is 43.4 Å². The molecule has 1 amide bonds. The van der Waals surface area contributed by atoms with Gasteiger partial charge in [-0.2, -0.15) is 0 Å². The molecule has 29 heavy (non-hydrogen) atoms. The second-order valence-corrected chi connectivity index (χ2v) is 6.81. The van der Waals surface area contributed by atoms with Gasteiger partial charge in [-0.15, -0.1) is 5.10 Å². The van der Waals surface area contributed by atoms with E-state index in [1.54, 1.807) is 12.1 Å². The van der Waals surface area contributed by atoms with Crippen LogP contribution in [0.4, 0.5) is 27.5 Å². The highest BCUT2D eigenvalue weighted by atomic mass is 19.1. The van der Waals surface area contributed by atoms with Crippen molar-refractivity contribution < 1.29 is 13.6 Å². The van der Waals surface area contributed by atoms with E-state index < -0.39 is 11.7 Å². The first-order chi connectivity index (χ1) is 14.1. The highest BCUT2D eigenvalue weighted by molar-refractivity contribution is 6.01. The quantitative estimate of drug-likeness (QED) is 0.686. The average molecular weight is 396 g/mol. The second-order valence-electron chi connectivity index (χ2n) is 6.81. The third-order valence-electron chi connectivity index (χ3n) is 4.73. The molecule has 9 heteroatoms. The molecule has 1 aliphatic rings. The van der Waals surface area contributed by atoms with E-state index >= 15 is 0 Å². The first-order valence-corrected chi connectivity index (χ1v) is 9.28. The van der Waals surface area contributed by atoms with Gasteiger partial charge in [0.15, 0.2) is 0 Å². The maximum Gasteiger partial charge on any atom is 0.320 e. The third kappa shape index (κ3) is 4.52. The molecule has 0 atom stereocenters. The van der Waals surface area contributed by atoms with E-state index in [0.717, 1.165) is 31.9 Å². The Balaban J connectivity index is 1.37. The largest absolute Gasteiger partial charge is 0.399 e. The summed E-state index contributed by atoms with van der Waals surface area (Å²) >= 11 is 0. The molecule has 0 unspecified atom stereocenters. The summed E-state index contributed by atoms with van der Waals surface area (Å²) in [5.41, 5.74) is 1.92. The van der Waals surface area contributed by atoms with Crippen molar-refractivity contribution in [3.05, 3.63) is 60.2 Å². The molecule has 3 aromatic rings. The van der Waals surface area contributed by atoms with Crippen LogP contribution in [0.5, 0.6) is 0 Å². The van der Waals surface area contributed by atoms with E-state index in [2.05, 4.69) is 37.7 Å². The summed E-state index contributed by atoms with van der Waals surface area (Å²) < 4.78 is 19.0. The number of rotatable bonds is 5. The van der Waals surface area contributed by atoms with Crippen LogP contribution in [0.25, 0.3) is 0 Å². The summed E-state index contributed by atoms with van der Waals surface area (Å²) in [6, 6.07) is 13.6. The van der Waals surface area contributed by atoms with Crippen LogP contribution in [0.2, 0.25) is 0 Å². The molecule has 4 rings (SSSR count). The smallest absolute Gasteiger partial charge is 0.320 e. The normalized spacial score (nSPS) is 14.6. The molecule has 0 spiro atoms. The zero-order valence-corrected chi connectivity index (χ0v) is 15.9. The first-order valence-electron chi connectivity index (χ1n) is 9.28. The summed E-state index contributed by atoms with van der Waals surface area (Å²) in [6.07, 6.45) is 0. The average Bonchev–Trinajstić information content (AvgIpc) is 3.20. The van der Waals surface area contributed by atoms with Crippen LogP contribution >= 0.6 is 0 Å². The number of carbonyl (C=O) groups excluding carboxylic acids is 1. The van der Waals surface area contributed by atoms with Crippen molar-refractivity contribution in [3.63, 3.8) is 0 Å². The van der Waals surface area contributed by atoms with Crippen LogP contribution in [-0.2, 0) is 0 Å². The summed E-state index contributed by atoms with van der Waals surface area (Å²) in [6.45, 7) is 4.00. The van der Waals surface area contributed by atoms with Crippen molar-refractivity contribution in [2.24, 2.45) is 0 Å². The van der Waals surface area contributed by atoms with Crippen LogP contribution in [0, 0.1) is 5.82 Å². The molecule has 1 fully saturated rings. The predicted molar refractivity (Wildman–Crippen MR) is 108 cm³/mol. The lowest BCUT2D eigenvalue weighted by Gasteiger charge is -2.34. The first kappa shape index (κ1) is 18.9. The van der Waals surface area contributed by atoms with Gasteiger partial charge < -0.3 is 24.9 Å². The number of halogens is 1. The fraction of sp³-hybridized carbons (Fsp3) is 0.250. The van der Waals surface area contributed by atoms with Gasteiger partial charge in [-0.25, -0.2) is 4.39 Å². The second kappa shape index (κ2) is 8.27. The minimum absolute atomic E-state index is 0.0642. The molecule has 0 radical (unpaired) electrons. The van der Waals surface area contributed by atoms with Gasteiger partial charge in [0.2, 0.25) is 0 Å². The van der Waals surface area contributed by atoms with E-state index in [4.69, 9.17) is 4.42 Å². The maximum absolute atomic E-state index is 13.7. The Labute approximate surface area is 167 Å². The number of likely N-dealkylation sites (N-methyl/N-ethyl adjacent to an activating group) is 1. The van der Waals surface area contributed by atoms with E-state index in [0.29, 0.717) is 5.69 Å². The van der Waals surface area contributed by atoms with Gasteiger partial charge in [-0.3, -0.25) is 4.79 Å². The molecule has 0 bridgehead atoms. The minimum atomic E-state index is -0.536. The van der Waals surface area contributed by atoms with Gasteiger partial charge in [-0.1, -0.05) is 17.2 Å². The van der Waals surface area contributed by atoms with Crippen LogP contribution in [0.3, 0.4) is 0 Å². The molecule has 8 nitrogen and oxygen atoms in total. The Morgan fingerprint density at radius 1 is 1.03 bits per heavy atom. The van der Waals surface area contributed by atoms with Crippen LogP contribution in [-0.4, -0.2) is 54.2 Å². The van der Waals surface area contributed by atoms with Crippen LogP contribution in [0.1, 0.15) is 10.7 Å². The number of aromatic nitrogens is 2. The number of nitrogens with one attached hydrogen (secondary N) is 2. The van der Waals surface area contributed by atoms with Gasteiger partial charge in [0, 0.05) is 37.6 Å². The monoisotopic (exact) mass is 396 g/mol. The molecular weight excluding hydrogens is 375 g/mol. The van der Waals surface area contributed by atoms with Crippen molar-refractivity contribution in [1.29, 1.82) is 0 Å². The lowest BCUT2D eigenvalue weighted by molar-refractivity contribution is 0.0991. The number of piperazine rings is 1. The van der Waals surface area contributed by atoms with E-state index in [9.17, 15) is 9.18 Å². The third-order valence-corrected chi connectivity index (χ3v) is 4.73. The van der Waals surface area contributed by atoms with Crippen LogP contribution in [0.15, 0.2) is 52.9 Å². The number of benzene rings is 2. The summed E-state index contributed by atoms with van der Waals surface area (Å²) in [4.78, 5) is 17.0. The van der Waals surface area contributed by atoms with Crippen molar-refractivity contribution >= 4 is 29.0 Å². The highest BCUT2D eigenvalue weighted by Gasteiger charge is 2.17. The lowest BCUT2D eigenvalue weighted by Crippen LogP contribution is -2.44. The minimum Gasteiger partial charge on any atom is -0.399 e. The van der Waals surface area contributed by atoms with Gasteiger partial charge in [0.1, 0.15) is 5.82 Å². The Bertz CT molecular complexity index is 983. The molecule has 1 aliphatic heterocycles. The van der Waals surface area contributed by atoms with Gasteiger partial charge in [0.25, 0.3) is 0 Å². The maximum atomic E-state index is 13.7. The summed E-state index contributed by atoms with van der Waals surface area (Å²) in [5, 5.41) is 12.8. The van der Waals surface area contributed by atoms with Gasteiger partial charge in [0.05, 0.1) is 5.69 Å². The Morgan fingerprint density at radius 2 is 1.76 bits per heavy atom. The molecule has 1 aromatic heterocycles. The molecule has 2 aromatic carbocycles. The standard InChI is InChI=1S/C20H21FN6O2/c1-26-10-12-27(13-11-26)15-8-6-14(7-9-15)22-18(28)19-24-25-20(29-19)23-17-5-3-2-4-16(17)21/h2-9H,10-13H2,1H3,(H,22,28)(H,23,25). The number of amides is 1. The molecule has 0 aliphatic carbocycles. The Kier molecular flexibility index (Phi) is 5.39. The Hall–Kier alpha value is -3.46. The highest BCUT2D eigenvalue weighted by Crippen LogP contribution is 2.21. The fourth-order valence-electron chi connectivity index (χ4n) is 3.05. The molecule has 2 heterocycles. The molecule has 2 N–H and O–H groups in total. The molecule has 0 saturated carbocycles. The van der Waals surface area contributed by atoms with Crippen molar-refractivity contribution in [1.82, 2.24) is 15.1 Å². The predicted octanol–water partition coefficient (Wildman–Crippen LogP) is 2.96. The fourth-order valence-corrected chi connectivity index (χ4v) is 3.05. The molecular formula is C20H21FN6O2. The number of hydrogen-bond donors (Lipinski definition) is 2. The van der Waals surface area contributed by atoms with Crippen molar-refractivity contribution in [2.45, 2.75) is 0 Å². The molecule has 150 valence electrons. The number of anilines is 4.